The van der Waals surface area contributed by atoms with Gasteiger partial charge in [0.2, 0.25) is 0 Å². The Morgan fingerprint density at radius 2 is 2.20 bits per heavy atom. The van der Waals surface area contributed by atoms with Gasteiger partial charge in [0.05, 0.1) is 5.69 Å². The molecule has 0 radical (unpaired) electrons. The molecular weight excluding hydrogens is 302 g/mol. The SMILES string of the molecule is Nc1ccsc1-c1nc(COCC(F)(F)C(F)F)no1. The third-order valence-electron chi connectivity index (χ3n) is 2.20. The first kappa shape index (κ1) is 14.7. The molecule has 2 rings (SSSR count). The van der Waals surface area contributed by atoms with Crippen molar-refractivity contribution in [3.63, 3.8) is 0 Å². The van der Waals surface area contributed by atoms with Crippen molar-refractivity contribution in [2.75, 3.05) is 12.3 Å². The lowest BCUT2D eigenvalue weighted by Crippen LogP contribution is -2.32. The Morgan fingerprint density at radius 1 is 1.45 bits per heavy atom. The second-order valence-corrected chi connectivity index (χ2v) is 4.69. The van der Waals surface area contributed by atoms with Gasteiger partial charge in [-0.1, -0.05) is 5.16 Å². The molecule has 0 saturated heterocycles. The van der Waals surface area contributed by atoms with E-state index in [0.29, 0.717) is 10.6 Å². The minimum absolute atomic E-state index is 0.0298. The Labute approximate surface area is 114 Å². The molecule has 0 aliphatic carbocycles. The van der Waals surface area contributed by atoms with Crippen LogP contribution in [0.4, 0.5) is 23.2 Å². The zero-order valence-electron chi connectivity index (χ0n) is 9.85. The van der Waals surface area contributed by atoms with Gasteiger partial charge < -0.3 is 15.0 Å². The largest absolute Gasteiger partial charge is 0.397 e. The summed E-state index contributed by atoms with van der Waals surface area (Å²) in [6.07, 6.45) is -3.78. The highest BCUT2D eigenvalue weighted by Gasteiger charge is 2.41. The summed E-state index contributed by atoms with van der Waals surface area (Å²) < 4.78 is 58.3. The maximum absolute atomic E-state index is 12.6. The molecule has 0 saturated carbocycles. The maximum Gasteiger partial charge on any atom is 0.330 e. The van der Waals surface area contributed by atoms with Crippen LogP contribution in [0.5, 0.6) is 0 Å². The third kappa shape index (κ3) is 3.25. The number of nitrogens with two attached hydrogens (primary N) is 1. The van der Waals surface area contributed by atoms with E-state index >= 15 is 0 Å². The summed E-state index contributed by atoms with van der Waals surface area (Å²) in [5.41, 5.74) is 6.08. The van der Waals surface area contributed by atoms with Crippen molar-refractivity contribution in [1.29, 1.82) is 0 Å². The summed E-state index contributed by atoms with van der Waals surface area (Å²) in [5.74, 6) is -4.11. The molecule has 10 heteroatoms. The van der Waals surface area contributed by atoms with Gasteiger partial charge in [0.1, 0.15) is 18.1 Å². The molecule has 0 aromatic carbocycles. The monoisotopic (exact) mass is 311 g/mol. The molecule has 2 N–H and O–H groups in total. The van der Waals surface area contributed by atoms with Crippen molar-refractivity contribution in [2.24, 2.45) is 0 Å². The van der Waals surface area contributed by atoms with Crippen LogP contribution in [-0.2, 0) is 11.3 Å². The fraction of sp³-hybridized carbons (Fsp3) is 0.400. The maximum atomic E-state index is 12.6. The van der Waals surface area contributed by atoms with Crippen LogP contribution in [0.15, 0.2) is 16.0 Å². The molecule has 110 valence electrons. The summed E-state index contributed by atoms with van der Waals surface area (Å²) in [6.45, 7) is -1.88. The van der Waals surface area contributed by atoms with Crippen LogP contribution in [0.1, 0.15) is 5.82 Å². The minimum Gasteiger partial charge on any atom is -0.397 e. The molecule has 0 fully saturated rings. The van der Waals surface area contributed by atoms with Gasteiger partial charge in [0.25, 0.3) is 5.89 Å². The molecule has 5 nitrogen and oxygen atoms in total. The van der Waals surface area contributed by atoms with Gasteiger partial charge in [-0.05, 0) is 11.4 Å². The van der Waals surface area contributed by atoms with Crippen molar-refractivity contribution in [3.05, 3.63) is 17.3 Å². The molecule has 20 heavy (non-hydrogen) atoms. The van der Waals surface area contributed by atoms with Gasteiger partial charge in [-0.25, -0.2) is 8.78 Å². The van der Waals surface area contributed by atoms with E-state index in [4.69, 9.17) is 10.3 Å². The van der Waals surface area contributed by atoms with Crippen LogP contribution >= 0.6 is 11.3 Å². The Bertz CT molecular complexity index is 572. The molecule has 0 spiro atoms. The van der Waals surface area contributed by atoms with E-state index in [1.54, 1.807) is 11.4 Å². The second kappa shape index (κ2) is 5.75. The van der Waals surface area contributed by atoms with Gasteiger partial charge in [-0.2, -0.15) is 13.8 Å². The lowest BCUT2D eigenvalue weighted by molar-refractivity contribution is -0.168. The number of ether oxygens (including phenoxy) is 1. The highest BCUT2D eigenvalue weighted by Crippen LogP contribution is 2.30. The van der Waals surface area contributed by atoms with Crippen molar-refractivity contribution < 1.29 is 26.8 Å². The number of rotatable bonds is 6. The lowest BCUT2D eigenvalue weighted by Gasteiger charge is -2.14. The molecule has 2 aromatic rings. The average Bonchev–Trinajstić information content (AvgIpc) is 2.97. The number of alkyl halides is 4. The second-order valence-electron chi connectivity index (χ2n) is 3.78. The molecule has 0 amide bonds. The van der Waals surface area contributed by atoms with Gasteiger partial charge >= 0.3 is 12.3 Å². The summed E-state index contributed by atoms with van der Waals surface area (Å²) in [7, 11) is 0. The molecule has 0 unspecified atom stereocenters. The van der Waals surface area contributed by atoms with E-state index < -0.39 is 25.6 Å². The van der Waals surface area contributed by atoms with E-state index in [2.05, 4.69) is 14.9 Å². The zero-order valence-corrected chi connectivity index (χ0v) is 10.7. The van der Waals surface area contributed by atoms with E-state index in [-0.39, 0.29) is 11.7 Å². The summed E-state index contributed by atoms with van der Waals surface area (Å²) in [5, 5.41) is 5.20. The van der Waals surface area contributed by atoms with E-state index in [1.165, 1.54) is 11.3 Å². The Balaban J connectivity index is 1.93. The molecule has 0 atom stereocenters. The number of halogens is 4. The predicted octanol–water partition coefficient (Wildman–Crippen LogP) is 2.80. The number of thiophene rings is 1. The number of anilines is 1. The normalized spacial score (nSPS) is 12.2. The lowest BCUT2D eigenvalue weighted by atomic mass is 10.4. The first-order valence-corrected chi connectivity index (χ1v) is 6.18. The standard InChI is InChI=1S/C10H9F4N3O2S/c11-9(12)10(13,14)4-18-3-6-16-8(19-17-6)7-5(15)1-2-20-7/h1-2,9H,3-4,15H2. The summed E-state index contributed by atoms with van der Waals surface area (Å²) in [6, 6.07) is 1.64. The van der Waals surface area contributed by atoms with Crippen molar-refractivity contribution in [2.45, 2.75) is 19.0 Å². The molecule has 0 aliphatic rings. The average molecular weight is 311 g/mol. The van der Waals surface area contributed by atoms with Gasteiger partial charge in [-0.15, -0.1) is 11.3 Å². The van der Waals surface area contributed by atoms with Crippen LogP contribution < -0.4 is 5.73 Å². The predicted molar refractivity (Wildman–Crippen MR) is 62.6 cm³/mol. The van der Waals surface area contributed by atoms with Crippen molar-refractivity contribution >= 4 is 17.0 Å². The molecule has 0 aliphatic heterocycles. The van der Waals surface area contributed by atoms with E-state index in [9.17, 15) is 17.6 Å². The molecule has 0 bridgehead atoms. The number of nitrogen functional groups attached to an aromatic ring is 1. The van der Waals surface area contributed by atoms with Crippen LogP contribution in [0, 0.1) is 0 Å². The Morgan fingerprint density at radius 3 is 2.80 bits per heavy atom. The zero-order chi connectivity index (χ0) is 14.8. The third-order valence-corrected chi connectivity index (χ3v) is 3.12. The smallest absolute Gasteiger partial charge is 0.330 e. The van der Waals surface area contributed by atoms with Crippen LogP contribution in [0.2, 0.25) is 0 Å². The number of hydrogen-bond acceptors (Lipinski definition) is 6. The topological polar surface area (TPSA) is 74.2 Å². The summed E-state index contributed by atoms with van der Waals surface area (Å²) >= 11 is 1.27. The highest BCUT2D eigenvalue weighted by atomic mass is 32.1. The van der Waals surface area contributed by atoms with E-state index in [1.807, 2.05) is 0 Å². The van der Waals surface area contributed by atoms with Gasteiger partial charge in [-0.3, -0.25) is 0 Å². The van der Waals surface area contributed by atoms with Crippen LogP contribution in [0.3, 0.4) is 0 Å². The fourth-order valence-electron chi connectivity index (χ4n) is 1.24. The Kier molecular flexibility index (Phi) is 4.23. The fourth-order valence-corrected chi connectivity index (χ4v) is 1.98. The number of hydrogen-bond donors (Lipinski definition) is 1. The minimum atomic E-state index is -4.20. The number of nitrogens with zero attached hydrogens (tertiary/aromatic N) is 2. The highest BCUT2D eigenvalue weighted by molar-refractivity contribution is 7.14. The van der Waals surface area contributed by atoms with Crippen LogP contribution in [-0.4, -0.2) is 29.1 Å². The molecular formula is C10H9F4N3O2S. The molecule has 2 heterocycles. The van der Waals surface area contributed by atoms with E-state index in [0.717, 1.165) is 0 Å². The van der Waals surface area contributed by atoms with Crippen molar-refractivity contribution in [1.82, 2.24) is 10.1 Å². The quantitative estimate of drug-likeness (QED) is 0.830. The van der Waals surface area contributed by atoms with Crippen molar-refractivity contribution in [3.8, 4) is 10.8 Å². The first-order chi connectivity index (χ1) is 9.40. The summed E-state index contributed by atoms with van der Waals surface area (Å²) in [4.78, 5) is 4.42. The molecule has 2 aromatic heterocycles. The Hall–Kier alpha value is -1.68. The van der Waals surface area contributed by atoms with Gasteiger partial charge in [0, 0.05) is 0 Å². The first-order valence-electron chi connectivity index (χ1n) is 5.30. The van der Waals surface area contributed by atoms with Gasteiger partial charge in [0.15, 0.2) is 5.82 Å². The van der Waals surface area contributed by atoms with Crippen LogP contribution in [0.25, 0.3) is 10.8 Å². The number of aromatic nitrogens is 2.